The molecule has 0 aliphatic carbocycles. The van der Waals surface area contributed by atoms with Crippen molar-refractivity contribution in [1.82, 2.24) is 9.88 Å². The van der Waals surface area contributed by atoms with E-state index in [2.05, 4.69) is 4.98 Å². The lowest BCUT2D eigenvalue weighted by atomic mass is 10.1. The third-order valence-corrected chi connectivity index (χ3v) is 4.97. The number of benzene rings is 2. The zero-order valence-corrected chi connectivity index (χ0v) is 16.0. The first kappa shape index (κ1) is 20.0. The quantitative estimate of drug-likeness (QED) is 0.597. The molecule has 1 fully saturated rings. The lowest BCUT2D eigenvalue weighted by Crippen LogP contribution is -2.34. The van der Waals surface area contributed by atoms with Crippen LogP contribution in [0.3, 0.4) is 0 Å². The van der Waals surface area contributed by atoms with Gasteiger partial charge in [-0.25, -0.2) is 18.2 Å². The number of likely N-dealkylation sites (tertiary alicyclic amines) is 1. The maximum absolute atomic E-state index is 13.7. The summed E-state index contributed by atoms with van der Waals surface area (Å²) in [5.41, 5.74) is 0.883. The molecule has 1 atom stereocenters. The lowest BCUT2D eigenvalue weighted by molar-refractivity contribution is -0.134. The monoisotopic (exact) mass is 416 g/mol. The summed E-state index contributed by atoms with van der Waals surface area (Å²) in [4.78, 5) is 18.5. The van der Waals surface area contributed by atoms with E-state index >= 15 is 0 Å². The summed E-state index contributed by atoms with van der Waals surface area (Å²) in [6.07, 6.45) is 3.52. The molecule has 30 heavy (non-hydrogen) atoms. The van der Waals surface area contributed by atoms with Gasteiger partial charge in [0.2, 0.25) is 5.89 Å². The fourth-order valence-electron chi connectivity index (χ4n) is 3.50. The Morgan fingerprint density at radius 1 is 1.13 bits per heavy atom. The van der Waals surface area contributed by atoms with E-state index in [1.54, 1.807) is 23.2 Å². The zero-order chi connectivity index (χ0) is 21.1. The van der Waals surface area contributed by atoms with E-state index in [4.69, 9.17) is 9.15 Å². The van der Waals surface area contributed by atoms with Gasteiger partial charge in [0.05, 0.1) is 6.20 Å². The molecule has 1 amide bonds. The molecule has 1 aliphatic heterocycles. The van der Waals surface area contributed by atoms with Gasteiger partial charge in [-0.2, -0.15) is 0 Å². The second-order valence-electron chi connectivity index (χ2n) is 7.08. The number of hydrogen-bond donors (Lipinski definition) is 0. The fraction of sp³-hybridized carbons (Fsp3) is 0.273. The Morgan fingerprint density at radius 3 is 2.67 bits per heavy atom. The van der Waals surface area contributed by atoms with Crippen LogP contribution in [0.4, 0.5) is 13.2 Å². The van der Waals surface area contributed by atoms with Gasteiger partial charge in [-0.3, -0.25) is 4.79 Å². The number of hydrogen-bond acceptors (Lipinski definition) is 4. The molecule has 1 saturated heterocycles. The van der Waals surface area contributed by atoms with E-state index in [1.165, 1.54) is 12.1 Å². The highest BCUT2D eigenvalue weighted by molar-refractivity contribution is 5.78. The molecule has 0 saturated carbocycles. The van der Waals surface area contributed by atoms with Gasteiger partial charge < -0.3 is 14.1 Å². The van der Waals surface area contributed by atoms with Crippen LogP contribution in [-0.2, 0) is 11.2 Å². The molecule has 0 bridgehead atoms. The molecule has 2 aromatic carbocycles. The van der Waals surface area contributed by atoms with Crippen LogP contribution in [-0.4, -0.2) is 28.9 Å². The SMILES string of the molecule is O=C(COc1ccc(F)cc1F)N1CCC[C@H]1c1ncc(Cc2ccc(F)cc2)o1. The second-order valence-corrected chi connectivity index (χ2v) is 7.08. The molecule has 1 aliphatic rings. The number of oxazole rings is 1. The maximum atomic E-state index is 13.7. The predicted molar refractivity (Wildman–Crippen MR) is 101 cm³/mol. The molecule has 3 aromatic rings. The number of carbonyl (C=O) groups is 1. The van der Waals surface area contributed by atoms with E-state index in [0.717, 1.165) is 24.1 Å². The Hall–Kier alpha value is -3.29. The first-order valence-electron chi connectivity index (χ1n) is 9.56. The van der Waals surface area contributed by atoms with Crippen molar-refractivity contribution in [2.45, 2.75) is 25.3 Å². The highest BCUT2D eigenvalue weighted by Crippen LogP contribution is 2.32. The van der Waals surface area contributed by atoms with Gasteiger partial charge in [0, 0.05) is 19.0 Å². The number of halogens is 3. The number of carbonyl (C=O) groups excluding carboxylic acids is 1. The van der Waals surface area contributed by atoms with Crippen molar-refractivity contribution in [2.75, 3.05) is 13.2 Å². The maximum Gasteiger partial charge on any atom is 0.261 e. The van der Waals surface area contributed by atoms with Gasteiger partial charge in [0.1, 0.15) is 23.4 Å². The topological polar surface area (TPSA) is 55.6 Å². The average Bonchev–Trinajstić information content (AvgIpc) is 3.38. The minimum absolute atomic E-state index is 0.182. The van der Waals surface area contributed by atoms with Gasteiger partial charge in [0.25, 0.3) is 5.91 Å². The summed E-state index contributed by atoms with van der Waals surface area (Å²) >= 11 is 0. The standard InChI is InChI=1S/C22H19F3N2O3/c23-15-5-3-14(4-6-15)10-17-12-26-22(30-17)19-2-1-9-27(19)21(28)13-29-20-8-7-16(24)11-18(20)25/h3-8,11-12,19H,1-2,9-10,13H2/t19-/m0/s1. The number of rotatable bonds is 6. The van der Waals surface area contributed by atoms with E-state index < -0.39 is 11.6 Å². The molecule has 0 N–H and O–H groups in total. The first-order chi connectivity index (χ1) is 14.5. The summed E-state index contributed by atoms with van der Waals surface area (Å²) < 4.78 is 50.8. The molecule has 0 spiro atoms. The van der Waals surface area contributed by atoms with Crippen molar-refractivity contribution in [1.29, 1.82) is 0 Å². The Morgan fingerprint density at radius 2 is 1.90 bits per heavy atom. The highest BCUT2D eigenvalue weighted by atomic mass is 19.1. The van der Waals surface area contributed by atoms with E-state index in [1.807, 2.05) is 0 Å². The molecular formula is C22H19F3N2O3. The first-order valence-corrected chi connectivity index (χ1v) is 9.56. The number of aromatic nitrogens is 1. The van der Waals surface area contributed by atoms with Crippen LogP contribution in [0.25, 0.3) is 0 Å². The molecule has 2 heterocycles. The molecule has 8 heteroatoms. The van der Waals surface area contributed by atoms with Crippen LogP contribution in [0, 0.1) is 17.5 Å². The zero-order valence-electron chi connectivity index (χ0n) is 16.0. The van der Waals surface area contributed by atoms with Gasteiger partial charge in [0.15, 0.2) is 18.2 Å². The van der Waals surface area contributed by atoms with Crippen LogP contribution < -0.4 is 4.74 Å². The number of ether oxygens (including phenoxy) is 1. The third kappa shape index (κ3) is 4.48. The molecular weight excluding hydrogens is 397 g/mol. The number of nitrogens with zero attached hydrogens (tertiary/aromatic N) is 2. The Labute approximate surface area is 171 Å². The average molecular weight is 416 g/mol. The largest absolute Gasteiger partial charge is 0.481 e. The van der Waals surface area contributed by atoms with Gasteiger partial charge in [-0.05, 0) is 42.7 Å². The Kier molecular flexibility index (Phi) is 5.74. The van der Waals surface area contributed by atoms with Crippen molar-refractivity contribution in [2.24, 2.45) is 0 Å². The molecule has 1 aromatic heterocycles. The van der Waals surface area contributed by atoms with Crippen molar-refractivity contribution in [3.8, 4) is 5.75 Å². The molecule has 156 valence electrons. The van der Waals surface area contributed by atoms with Crippen LogP contribution >= 0.6 is 0 Å². The van der Waals surface area contributed by atoms with Crippen LogP contribution in [0.5, 0.6) is 5.75 Å². The lowest BCUT2D eigenvalue weighted by Gasteiger charge is -2.22. The minimum atomic E-state index is -0.862. The van der Waals surface area contributed by atoms with E-state index in [9.17, 15) is 18.0 Å². The normalized spacial score (nSPS) is 16.1. The summed E-state index contributed by atoms with van der Waals surface area (Å²) in [6, 6.07) is 8.70. The van der Waals surface area contributed by atoms with Crippen molar-refractivity contribution in [3.63, 3.8) is 0 Å². The second kappa shape index (κ2) is 8.61. The van der Waals surface area contributed by atoms with Gasteiger partial charge in [-0.1, -0.05) is 12.1 Å². The molecule has 0 unspecified atom stereocenters. The molecule has 5 nitrogen and oxygen atoms in total. The van der Waals surface area contributed by atoms with Crippen molar-refractivity contribution >= 4 is 5.91 Å². The summed E-state index contributed by atoms with van der Waals surface area (Å²) in [5, 5.41) is 0. The van der Waals surface area contributed by atoms with Crippen LogP contribution in [0.1, 0.15) is 36.1 Å². The van der Waals surface area contributed by atoms with Crippen LogP contribution in [0.15, 0.2) is 53.1 Å². The molecule has 4 rings (SSSR count). The van der Waals surface area contributed by atoms with Crippen molar-refractivity contribution in [3.05, 3.63) is 83.3 Å². The summed E-state index contributed by atoms with van der Waals surface area (Å²) in [7, 11) is 0. The highest BCUT2D eigenvalue weighted by Gasteiger charge is 2.33. The summed E-state index contributed by atoms with van der Waals surface area (Å²) in [6.45, 7) is 0.136. The Balaban J connectivity index is 1.40. The minimum Gasteiger partial charge on any atom is -0.481 e. The molecule has 0 radical (unpaired) electrons. The smallest absolute Gasteiger partial charge is 0.261 e. The third-order valence-electron chi connectivity index (χ3n) is 4.97. The fourth-order valence-corrected chi connectivity index (χ4v) is 3.50. The van der Waals surface area contributed by atoms with Crippen LogP contribution in [0.2, 0.25) is 0 Å². The number of amides is 1. The predicted octanol–water partition coefficient (Wildman–Crippen LogP) is 4.43. The summed E-state index contributed by atoms with van der Waals surface area (Å²) in [5.74, 6) is -1.37. The van der Waals surface area contributed by atoms with Gasteiger partial charge in [-0.15, -0.1) is 0 Å². The van der Waals surface area contributed by atoms with Gasteiger partial charge >= 0.3 is 0 Å². The van der Waals surface area contributed by atoms with E-state index in [0.29, 0.717) is 37.1 Å². The van der Waals surface area contributed by atoms with Crippen molar-refractivity contribution < 1.29 is 27.1 Å². The van der Waals surface area contributed by atoms with E-state index in [-0.39, 0.29) is 30.1 Å². The Bertz CT molecular complexity index is 1040.